The molecule has 1 heterocycles. The summed E-state index contributed by atoms with van der Waals surface area (Å²) in [6.45, 7) is 3.10. The van der Waals surface area contributed by atoms with Crippen LogP contribution in [0.5, 0.6) is 5.88 Å². The highest BCUT2D eigenvalue weighted by atomic mass is 35.5. The minimum Gasteiger partial charge on any atom is -0.475 e. The van der Waals surface area contributed by atoms with Crippen molar-refractivity contribution in [1.29, 1.82) is 0 Å². The van der Waals surface area contributed by atoms with Crippen LogP contribution in [0.1, 0.15) is 18.5 Å². The molecule has 0 aliphatic carbocycles. The molecule has 1 aromatic carbocycles. The van der Waals surface area contributed by atoms with Gasteiger partial charge in [-0.15, -0.1) is 0 Å². The van der Waals surface area contributed by atoms with E-state index in [-0.39, 0.29) is 6.04 Å². The zero-order valence-electron chi connectivity index (χ0n) is 12.2. The van der Waals surface area contributed by atoms with Crippen molar-refractivity contribution >= 4 is 17.3 Å². The molecule has 0 aliphatic rings. The SMILES string of the molecule is COCCOc1ccc(NC(C)c2ccccc2Cl)cn1. The molecule has 0 amide bonds. The van der Waals surface area contributed by atoms with Gasteiger partial charge in [-0.1, -0.05) is 29.8 Å². The van der Waals surface area contributed by atoms with Gasteiger partial charge >= 0.3 is 0 Å². The predicted molar refractivity (Wildman–Crippen MR) is 85.1 cm³/mol. The maximum absolute atomic E-state index is 6.19. The summed E-state index contributed by atoms with van der Waals surface area (Å²) in [5.74, 6) is 0.586. The van der Waals surface area contributed by atoms with Crippen LogP contribution in [-0.4, -0.2) is 25.3 Å². The Morgan fingerprint density at radius 2 is 2.00 bits per heavy atom. The Morgan fingerprint density at radius 3 is 2.67 bits per heavy atom. The predicted octanol–water partition coefficient (Wildman–Crippen LogP) is 3.93. The van der Waals surface area contributed by atoms with Crippen molar-refractivity contribution in [2.45, 2.75) is 13.0 Å². The summed E-state index contributed by atoms with van der Waals surface area (Å²) in [5.41, 5.74) is 1.97. The fraction of sp³-hybridized carbons (Fsp3) is 0.312. The van der Waals surface area contributed by atoms with Gasteiger partial charge in [0.25, 0.3) is 0 Å². The van der Waals surface area contributed by atoms with E-state index >= 15 is 0 Å². The smallest absolute Gasteiger partial charge is 0.213 e. The molecule has 1 unspecified atom stereocenters. The number of halogens is 1. The van der Waals surface area contributed by atoms with Gasteiger partial charge in [-0.2, -0.15) is 0 Å². The molecule has 4 nitrogen and oxygen atoms in total. The molecule has 0 saturated heterocycles. The van der Waals surface area contributed by atoms with E-state index in [2.05, 4.69) is 17.2 Å². The summed E-state index contributed by atoms with van der Waals surface area (Å²) < 4.78 is 10.3. The maximum atomic E-state index is 6.19. The molecule has 1 aromatic heterocycles. The lowest BCUT2D eigenvalue weighted by molar-refractivity contribution is 0.144. The van der Waals surface area contributed by atoms with E-state index in [9.17, 15) is 0 Å². The lowest BCUT2D eigenvalue weighted by atomic mass is 10.1. The van der Waals surface area contributed by atoms with Crippen molar-refractivity contribution in [3.05, 3.63) is 53.2 Å². The van der Waals surface area contributed by atoms with E-state index in [1.165, 1.54) is 0 Å². The van der Waals surface area contributed by atoms with Crippen LogP contribution in [0.25, 0.3) is 0 Å². The number of methoxy groups -OCH3 is 1. The summed E-state index contributed by atoms with van der Waals surface area (Å²) in [6.07, 6.45) is 1.75. The number of benzene rings is 1. The second-order valence-corrected chi connectivity index (χ2v) is 5.02. The number of nitrogens with zero attached hydrogens (tertiary/aromatic N) is 1. The van der Waals surface area contributed by atoms with Crippen molar-refractivity contribution in [2.75, 3.05) is 25.6 Å². The Hall–Kier alpha value is -1.78. The average molecular weight is 307 g/mol. The first kappa shape index (κ1) is 15.6. The fourth-order valence-electron chi connectivity index (χ4n) is 1.93. The van der Waals surface area contributed by atoms with E-state index in [1.54, 1.807) is 13.3 Å². The van der Waals surface area contributed by atoms with Gasteiger partial charge in [0, 0.05) is 18.2 Å². The van der Waals surface area contributed by atoms with Crippen molar-refractivity contribution in [1.82, 2.24) is 4.98 Å². The summed E-state index contributed by atoms with van der Waals surface area (Å²) in [6, 6.07) is 11.7. The van der Waals surface area contributed by atoms with Crippen LogP contribution in [0.2, 0.25) is 5.02 Å². The molecule has 21 heavy (non-hydrogen) atoms. The molecule has 0 aliphatic heterocycles. The zero-order valence-corrected chi connectivity index (χ0v) is 12.9. The Morgan fingerprint density at radius 1 is 1.19 bits per heavy atom. The van der Waals surface area contributed by atoms with Gasteiger partial charge < -0.3 is 14.8 Å². The largest absolute Gasteiger partial charge is 0.475 e. The minimum absolute atomic E-state index is 0.0979. The first-order valence-electron chi connectivity index (χ1n) is 6.79. The minimum atomic E-state index is 0.0979. The molecule has 0 spiro atoms. The number of aromatic nitrogens is 1. The number of ether oxygens (including phenoxy) is 2. The quantitative estimate of drug-likeness (QED) is 0.787. The fourth-order valence-corrected chi connectivity index (χ4v) is 2.23. The van der Waals surface area contributed by atoms with E-state index in [1.807, 2.05) is 36.4 Å². The molecule has 2 aromatic rings. The molecule has 0 radical (unpaired) electrons. The normalized spacial score (nSPS) is 12.0. The van der Waals surface area contributed by atoms with Crippen molar-refractivity contribution < 1.29 is 9.47 Å². The summed E-state index contributed by atoms with van der Waals surface area (Å²) in [4.78, 5) is 4.25. The number of anilines is 1. The number of nitrogens with one attached hydrogen (secondary N) is 1. The standard InChI is InChI=1S/C16H19ClN2O2/c1-12(14-5-3-4-6-15(14)17)19-13-7-8-16(18-11-13)21-10-9-20-2/h3-8,11-12,19H,9-10H2,1-2H3. The number of hydrogen-bond donors (Lipinski definition) is 1. The van der Waals surface area contributed by atoms with Crippen molar-refractivity contribution in [2.24, 2.45) is 0 Å². The average Bonchev–Trinajstić information content (AvgIpc) is 2.49. The summed E-state index contributed by atoms with van der Waals surface area (Å²) >= 11 is 6.19. The van der Waals surface area contributed by atoms with Crippen LogP contribution in [0, 0.1) is 0 Å². The second-order valence-electron chi connectivity index (χ2n) is 4.61. The van der Waals surface area contributed by atoms with Crippen molar-refractivity contribution in [3.63, 3.8) is 0 Å². The Labute approximate surface area is 130 Å². The maximum Gasteiger partial charge on any atom is 0.213 e. The highest BCUT2D eigenvalue weighted by molar-refractivity contribution is 6.31. The third-order valence-electron chi connectivity index (χ3n) is 3.03. The third-order valence-corrected chi connectivity index (χ3v) is 3.37. The number of rotatable bonds is 7. The van der Waals surface area contributed by atoms with Crippen molar-refractivity contribution in [3.8, 4) is 5.88 Å². The molecule has 1 atom stereocenters. The lowest BCUT2D eigenvalue weighted by Crippen LogP contribution is -2.08. The molecular formula is C16H19ClN2O2. The summed E-state index contributed by atoms with van der Waals surface area (Å²) in [5, 5.41) is 4.12. The Bertz CT molecular complexity index is 560. The molecular weight excluding hydrogens is 288 g/mol. The topological polar surface area (TPSA) is 43.4 Å². The van der Waals surface area contributed by atoms with E-state index in [0.29, 0.717) is 19.1 Å². The van der Waals surface area contributed by atoms with Gasteiger partial charge in [-0.25, -0.2) is 4.98 Å². The first-order valence-corrected chi connectivity index (χ1v) is 7.17. The van der Waals surface area contributed by atoms with Crippen LogP contribution in [0.4, 0.5) is 5.69 Å². The molecule has 112 valence electrons. The Balaban J connectivity index is 1.95. The van der Waals surface area contributed by atoms with Gasteiger partial charge in [0.2, 0.25) is 5.88 Å². The van der Waals surface area contributed by atoms with E-state index in [0.717, 1.165) is 16.3 Å². The lowest BCUT2D eigenvalue weighted by Gasteiger charge is -2.17. The molecule has 0 fully saturated rings. The van der Waals surface area contributed by atoms with Gasteiger partial charge in [0.1, 0.15) is 6.61 Å². The van der Waals surface area contributed by atoms with Crippen LogP contribution < -0.4 is 10.1 Å². The van der Waals surface area contributed by atoms with Crippen LogP contribution in [0.15, 0.2) is 42.6 Å². The van der Waals surface area contributed by atoms with Gasteiger partial charge in [0.15, 0.2) is 0 Å². The van der Waals surface area contributed by atoms with Gasteiger partial charge in [0.05, 0.1) is 24.5 Å². The highest BCUT2D eigenvalue weighted by Gasteiger charge is 2.09. The number of hydrogen-bond acceptors (Lipinski definition) is 4. The van der Waals surface area contributed by atoms with Gasteiger partial charge in [-0.3, -0.25) is 0 Å². The van der Waals surface area contributed by atoms with Crippen LogP contribution in [-0.2, 0) is 4.74 Å². The molecule has 0 bridgehead atoms. The Kier molecular flexibility index (Phi) is 5.84. The molecule has 0 saturated carbocycles. The molecule has 1 N–H and O–H groups in total. The third kappa shape index (κ3) is 4.62. The molecule has 2 rings (SSSR count). The molecule has 5 heteroatoms. The zero-order chi connectivity index (χ0) is 15.1. The van der Waals surface area contributed by atoms with Crippen LogP contribution >= 0.6 is 11.6 Å². The summed E-state index contributed by atoms with van der Waals surface area (Å²) in [7, 11) is 1.64. The first-order chi connectivity index (χ1) is 10.2. The second kappa shape index (κ2) is 7.86. The van der Waals surface area contributed by atoms with Crippen LogP contribution in [0.3, 0.4) is 0 Å². The monoisotopic (exact) mass is 306 g/mol. The van der Waals surface area contributed by atoms with E-state index < -0.39 is 0 Å². The van der Waals surface area contributed by atoms with Gasteiger partial charge in [-0.05, 0) is 24.6 Å². The highest BCUT2D eigenvalue weighted by Crippen LogP contribution is 2.25. The van der Waals surface area contributed by atoms with E-state index in [4.69, 9.17) is 21.1 Å². The number of pyridine rings is 1.